The summed E-state index contributed by atoms with van der Waals surface area (Å²) in [5.41, 5.74) is 0.00559. The molecule has 0 amide bonds. The lowest BCUT2D eigenvalue weighted by atomic mass is 10.0. The summed E-state index contributed by atoms with van der Waals surface area (Å²) in [5, 5.41) is 16.9. The molecule has 0 bridgehead atoms. The number of aryl methyl sites for hydroxylation is 1. The maximum atomic E-state index is 10.6. The Labute approximate surface area is 174 Å². The largest absolute Gasteiger partial charge is 0.463 e. The zero-order valence-corrected chi connectivity index (χ0v) is 18.6. The van der Waals surface area contributed by atoms with Crippen LogP contribution in [0.5, 0.6) is 0 Å². The molecule has 1 aromatic carbocycles. The van der Waals surface area contributed by atoms with Crippen LogP contribution in [0.1, 0.15) is 30.9 Å². The van der Waals surface area contributed by atoms with Crippen molar-refractivity contribution in [2.45, 2.75) is 32.9 Å². The van der Waals surface area contributed by atoms with Gasteiger partial charge in [-0.3, -0.25) is 0 Å². The van der Waals surface area contributed by atoms with Crippen molar-refractivity contribution in [1.82, 2.24) is 10.6 Å². The number of nitrogens with one attached hydrogen (secondary N) is 2. The molecule has 1 atom stereocenters. The second-order valence-corrected chi connectivity index (χ2v) is 6.78. The molecule has 0 saturated heterocycles. The Morgan fingerprint density at radius 2 is 1.88 bits per heavy atom. The van der Waals surface area contributed by atoms with Crippen LogP contribution in [0.15, 0.2) is 50.3 Å². The fraction of sp³-hybridized carbons (Fsp3) is 0.389. The van der Waals surface area contributed by atoms with Gasteiger partial charge in [-0.25, -0.2) is 4.99 Å². The molecule has 0 aliphatic heterocycles. The molecule has 0 aliphatic rings. The zero-order valence-electron chi connectivity index (χ0n) is 14.7. The second kappa shape index (κ2) is 10.2. The molecule has 7 heteroatoms. The predicted octanol–water partition coefficient (Wildman–Crippen LogP) is 3.93. The molecule has 0 spiro atoms. The van der Waals surface area contributed by atoms with Gasteiger partial charge in [0, 0.05) is 11.0 Å². The fourth-order valence-electron chi connectivity index (χ4n) is 2.17. The van der Waals surface area contributed by atoms with Crippen LogP contribution in [0, 0.1) is 6.92 Å². The molecule has 5 nitrogen and oxygen atoms in total. The highest BCUT2D eigenvalue weighted by Crippen LogP contribution is 2.21. The number of aliphatic imine (C=N–C) groups is 1. The van der Waals surface area contributed by atoms with E-state index in [0.717, 1.165) is 22.3 Å². The van der Waals surface area contributed by atoms with E-state index in [0.29, 0.717) is 24.8 Å². The van der Waals surface area contributed by atoms with E-state index in [9.17, 15) is 5.11 Å². The number of hydrogen-bond donors (Lipinski definition) is 3. The van der Waals surface area contributed by atoms with Crippen LogP contribution in [0.2, 0.25) is 0 Å². The van der Waals surface area contributed by atoms with E-state index in [1.807, 2.05) is 44.2 Å². The van der Waals surface area contributed by atoms with E-state index < -0.39 is 5.60 Å². The van der Waals surface area contributed by atoms with Gasteiger partial charge in [-0.2, -0.15) is 0 Å². The summed E-state index contributed by atoms with van der Waals surface area (Å²) in [6.07, 6.45) is 0. The maximum Gasteiger partial charge on any atom is 0.191 e. The van der Waals surface area contributed by atoms with Crippen LogP contribution in [-0.4, -0.2) is 24.2 Å². The fourth-order valence-corrected chi connectivity index (χ4v) is 2.43. The summed E-state index contributed by atoms with van der Waals surface area (Å²) < 4.78 is 6.57. The highest BCUT2D eigenvalue weighted by molar-refractivity contribution is 14.0. The molecule has 3 N–H and O–H groups in total. The monoisotopic (exact) mass is 521 g/mol. The molecule has 1 heterocycles. The van der Waals surface area contributed by atoms with E-state index in [1.165, 1.54) is 0 Å². The molecule has 0 aliphatic carbocycles. The topological polar surface area (TPSA) is 69.8 Å². The van der Waals surface area contributed by atoms with Crippen LogP contribution in [-0.2, 0) is 12.1 Å². The number of halogens is 2. The van der Waals surface area contributed by atoms with Gasteiger partial charge in [-0.15, -0.1) is 24.0 Å². The van der Waals surface area contributed by atoms with Crippen molar-refractivity contribution < 1.29 is 9.52 Å². The van der Waals surface area contributed by atoms with E-state index in [2.05, 4.69) is 31.6 Å². The number of benzene rings is 1. The van der Waals surface area contributed by atoms with Gasteiger partial charge in [0.1, 0.15) is 17.1 Å². The Balaban J connectivity index is 0.00000312. The standard InChI is InChI=1S/C18H24BrN3O2.HI/c1-4-20-17(21-11-14-6-8-15(19)9-7-14)22-12-18(3,23)16-10-5-13(2)24-16;/h5-10,23H,4,11-12H2,1-3H3,(H2,20,21,22);1H. The van der Waals surface area contributed by atoms with Gasteiger partial charge in [-0.1, -0.05) is 28.1 Å². The van der Waals surface area contributed by atoms with E-state index >= 15 is 0 Å². The Bertz CT molecular complexity index is 684. The summed E-state index contributed by atoms with van der Waals surface area (Å²) in [7, 11) is 0. The number of aliphatic hydroxyl groups is 1. The molecule has 2 rings (SSSR count). The molecule has 1 unspecified atom stereocenters. The van der Waals surface area contributed by atoms with Gasteiger partial charge in [0.2, 0.25) is 0 Å². The normalized spacial score (nSPS) is 13.7. The average molecular weight is 522 g/mol. The van der Waals surface area contributed by atoms with Gasteiger partial charge in [0.15, 0.2) is 5.96 Å². The van der Waals surface area contributed by atoms with Crippen molar-refractivity contribution in [3.63, 3.8) is 0 Å². The second-order valence-electron chi connectivity index (χ2n) is 5.86. The average Bonchev–Trinajstić information content (AvgIpc) is 2.99. The van der Waals surface area contributed by atoms with Crippen LogP contribution >= 0.6 is 39.9 Å². The lowest BCUT2D eigenvalue weighted by molar-refractivity contribution is 0.0378. The van der Waals surface area contributed by atoms with Crippen molar-refractivity contribution in [3.8, 4) is 0 Å². The minimum absolute atomic E-state index is 0. The lowest BCUT2D eigenvalue weighted by Crippen LogP contribution is -2.44. The third kappa shape index (κ3) is 6.99. The highest BCUT2D eigenvalue weighted by atomic mass is 127. The van der Waals surface area contributed by atoms with Crippen LogP contribution in [0.4, 0.5) is 0 Å². The molecule has 0 fully saturated rings. The third-order valence-corrected chi connectivity index (χ3v) is 4.08. The highest BCUT2D eigenvalue weighted by Gasteiger charge is 2.27. The minimum Gasteiger partial charge on any atom is -0.463 e. The Morgan fingerprint density at radius 3 is 2.44 bits per heavy atom. The van der Waals surface area contributed by atoms with Crippen molar-refractivity contribution in [1.29, 1.82) is 0 Å². The summed E-state index contributed by atoms with van der Waals surface area (Å²) in [6, 6.07) is 11.7. The molecule has 138 valence electrons. The van der Waals surface area contributed by atoms with E-state index in [-0.39, 0.29) is 24.0 Å². The Morgan fingerprint density at radius 1 is 1.20 bits per heavy atom. The molecule has 25 heavy (non-hydrogen) atoms. The number of hydrogen-bond acceptors (Lipinski definition) is 3. The first-order valence-electron chi connectivity index (χ1n) is 7.96. The number of guanidine groups is 1. The van der Waals surface area contributed by atoms with Gasteiger partial charge in [0.25, 0.3) is 0 Å². The third-order valence-electron chi connectivity index (χ3n) is 3.55. The first-order chi connectivity index (χ1) is 11.4. The van der Waals surface area contributed by atoms with Crippen molar-refractivity contribution in [3.05, 3.63) is 58.0 Å². The quantitative estimate of drug-likeness (QED) is 0.306. The Kier molecular flexibility index (Phi) is 8.95. The molecule has 1 aromatic heterocycles. The Hall–Kier alpha value is -1.06. The van der Waals surface area contributed by atoms with Crippen LogP contribution in [0.3, 0.4) is 0 Å². The van der Waals surface area contributed by atoms with Crippen molar-refractivity contribution in [2.24, 2.45) is 4.99 Å². The van der Waals surface area contributed by atoms with E-state index in [4.69, 9.17) is 4.42 Å². The predicted molar refractivity (Wildman–Crippen MR) is 115 cm³/mol. The summed E-state index contributed by atoms with van der Waals surface area (Å²) in [6.45, 7) is 7.18. The van der Waals surface area contributed by atoms with Gasteiger partial charge in [0.05, 0.1) is 13.1 Å². The first kappa shape index (κ1) is 22.0. The summed E-state index contributed by atoms with van der Waals surface area (Å²) in [4.78, 5) is 4.55. The van der Waals surface area contributed by atoms with Gasteiger partial charge in [-0.05, 0) is 50.6 Å². The zero-order chi connectivity index (χ0) is 17.6. The lowest BCUT2D eigenvalue weighted by Gasteiger charge is -2.22. The first-order valence-corrected chi connectivity index (χ1v) is 8.76. The van der Waals surface area contributed by atoms with E-state index in [1.54, 1.807) is 13.0 Å². The number of nitrogens with zero attached hydrogens (tertiary/aromatic N) is 1. The molecule has 2 aromatic rings. The summed E-state index contributed by atoms with van der Waals surface area (Å²) in [5.74, 6) is 1.97. The smallest absolute Gasteiger partial charge is 0.191 e. The molecular weight excluding hydrogens is 497 g/mol. The van der Waals surface area contributed by atoms with Crippen LogP contribution in [0.25, 0.3) is 0 Å². The minimum atomic E-state index is -1.11. The van der Waals surface area contributed by atoms with Gasteiger partial charge >= 0.3 is 0 Å². The maximum absolute atomic E-state index is 10.6. The molecular formula is C18H25BrIN3O2. The van der Waals surface area contributed by atoms with Crippen LogP contribution < -0.4 is 10.6 Å². The van der Waals surface area contributed by atoms with Crippen molar-refractivity contribution in [2.75, 3.05) is 13.1 Å². The number of furan rings is 1. The SMILES string of the molecule is CCNC(=NCc1ccc(Br)cc1)NCC(C)(O)c1ccc(C)o1.I. The number of rotatable bonds is 6. The molecule has 0 saturated carbocycles. The van der Waals surface area contributed by atoms with Gasteiger partial charge < -0.3 is 20.2 Å². The summed E-state index contributed by atoms with van der Waals surface area (Å²) >= 11 is 3.42. The molecule has 0 radical (unpaired) electrons. The van der Waals surface area contributed by atoms with Crippen molar-refractivity contribution >= 4 is 45.9 Å².